The summed E-state index contributed by atoms with van der Waals surface area (Å²) < 4.78 is 30.8. The minimum atomic E-state index is -3.34. The molecule has 3 N–H and O–H groups in total. The van der Waals surface area contributed by atoms with Crippen LogP contribution in [0.5, 0.6) is 0 Å². The van der Waals surface area contributed by atoms with Gasteiger partial charge in [0.05, 0.1) is 11.7 Å². The van der Waals surface area contributed by atoms with E-state index < -0.39 is 27.5 Å². The number of carbonyl (C=O) groups excluding carboxylic acids is 1. The molecule has 0 unspecified atom stereocenters. The van der Waals surface area contributed by atoms with Gasteiger partial charge in [0.1, 0.15) is 5.60 Å². The molecule has 0 bridgehead atoms. The number of hydrogen-bond donors (Lipinski definition) is 2. The van der Waals surface area contributed by atoms with Crippen molar-refractivity contribution >= 4 is 16.0 Å². The highest BCUT2D eigenvalue weighted by molar-refractivity contribution is 7.89. The molecule has 0 spiro atoms. The van der Waals surface area contributed by atoms with Gasteiger partial charge in [0.25, 0.3) is 0 Å². The van der Waals surface area contributed by atoms with Gasteiger partial charge in [0.2, 0.25) is 10.0 Å². The van der Waals surface area contributed by atoms with Gasteiger partial charge in [0.15, 0.2) is 0 Å². The molecule has 0 saturated carbocycles. The average molecular weight is 294 g/mol. The van der Waals surface area contributed by atoms with Gasteiger partial charge in [-0.15, -0.1) is 0 Å². The number of carbonyl (C=O) groups is 1. The van der Waals surface area contributed by atoms with Crippen molar-refractivity contribution in [3.05, 3.63) is 0 Å². The Morgan fingerprint density at radius 3 is 2.37 bits per heavy atom. The molecule has 0 amide bonds. The summed E-state index contributed by atoms with van der Waals surface area (Å²) in [5.74, 6) is -1.07. The molecule has 0 aromatic carbocycles. The molecule has 0 aliphatic rings. The maximum Gasteiger partial charge on any atom is 0.312 e. The molecule has 0 aliphatic heterocycles. The third-order valence-electron chi connectivity index (χ3n) is 2.34. The van der Waals surface area contributed by atoms with E-state index >= 15 is 0 Å². The summed E-state index contributed by atoms with van der Waals surface area (Å²) in [5.41, 5.74) is 4.88. The fourth-order valence-corrected chi connectivity index (χ4v) is 2.55. The Kier molecular flexibility index (Phi) is 7.54. The monoisotopic (exact) mass is 294 g/mol. The van der Waals surface area contributed by atoms with Crippen LogP contribution in [0.3, 0.4) is 0 Å². The van der Waals surface area contributed by atoms with Crippen molar-refractivity contribution in [1.29, 1.82) is 0 Å². The molecule has 19 heavy (non-hydrogen) atoms. The van der Waals surface area contributed by atoms with Crippen LogP contribution in [0.15, 0.2) is 0 Å². The first-order chi connectivity index (χ1) is 8.61. The molecule has 1 atom stereocenters. The Labute approximate surface area is 116 Å². The van der Waals surface area contributed by atoms with Crippen LogP contribution in [-0.4, -0.2) is 38.8 Å². The summed E-state index contributed by atoms with van der Waals surface area (Å²) in [6.07, 6.45) is 1.39. The van der Waals surface area contributed by atoms with Crippen LogP contribution in [0.1, 0.15) is 40.5 Å². The Balaban J connectivity index is 4.38. The van der Waals surface area contributed by atoms with E-state index in [0.29, 0.717) is 6.42 Å². The summed E-state index contributed by atoms with van der Waals surface area (Å²) >= 11 is 0. The highest BCUT2D eigenvalue weighted by atomic mass is 32.2. The summed E-state index contributed by atoms with van der Waals surface area (Å²) in [4.78, 5) is 11.8. The van der Waals surface area contributed by atoms with Crippen LogP contribution >= 0.6 is 0 Å². The minimum absolute atomic E-state index is 0.0164. The molecule has 0 radical (unpaired) electrons. The van der Waals surface area contributed by atoms with E-state index in [1.165, 1.54) is 0 Å². The Hall–Kier alpha value is -0.660. The molecule has 0 aliphatic carbocycles. The fourth-order valence-electron chi connectivity index (χ4n) is 1.28. The van der Waals surface area contributed by atoms with Crippen molar-refractivity contribution in [1.82, 2.24) is 4.72 Å². The van der Waals surface area contributed by atoms with E-state index in [1.54, 1.807) is 20.8 Å². The summed E-state index contributed by atoms with van der Waals surface area (Å²) in [6, 6.07) is 0. The molecule has 0 fully saturated rings. The van der Waals surface area contributed by atoms with Crippen molar-refractivity contribution in [3.8, 4) is 0 Å². The number of sulfonamides is 1. The van der Waals surface area contributed by atoms with Crippen LogP contribution < -0.4 is 10.5 Å². The molecule has 114 valence electrons. The Morgan fingerprint density at radius 2 is 1.95 bits per heavy atom. The highest BCUT2D eigenvalue weighted by Crippen LogP contribution is 2.10. The third kappa shape index (κ3) is 8.96. The molecule has 7 heteroatoms. The van der Waals surface area contributed by atoms with Gasteiger partial charge in [-0.05, 0) is 27.2 Å². The van der Waals surface area contributed by atoms with Crippen LogP contribution in [-0.2, 0) is 19.6 Å². The number of rotatable bonds is 8. The van der Waals surface area contributed by atoms with E-state index in [4.69, 9.17) is 10.5 Å². The Morgan fingerprint density at radius 1 is 1.37 bits per heavy atom. The smallest absolute Gasteiger partial charge is 0.312 e. The van der Waals surface area contributed by atoms with Gasteiger partial charge >= 0.3 is 5.97 Å². The van der Waals surface area contributed by atoms with Gasteiger partial charge in [-0.3, -0.25) is 4.79 Å². The standard InChI is InChI=1S/C12H26N2O4S/c1-5-6-7-19(16,17)14-9-10(8-13)11(15)18-12(2,3)4/h10,14H,5-9,13H2,1-4H3/t10-/m0/s1. The van der Waals surface area contributed by atoms with E-state index in [-0.39, 0.29) is 18.8 Å². The topological polar surface area (TPSA) is 98.5 Å². The van der Waals surface area contributed by atoms with Gasteiger partial charge in [-0.1, -0.05) is 13.3 Å². The van der Waals surface area contributed by atoms with Crippen LogP contribution in [0.25, 0.3) is 0 Å². The quantitative estimate of drug-likeness (QED) is 0.640. The lowest BCUT2D eigenvalue weighted by Crippen LogP contribution is -2.40. The number of nitrogens with one attached hydrogen (secondary N) is 1. The normalized spacial score (nSPS) is 14.2. The second-order valence-corrected chi connectivity index (χ2v) is 7.41. The molecule has 0 aromatic rings. The first-order valence-corrected chi connectivity index (χ1v) is 8.16. The minimum Gasteiger partial charge on any atom is -0.460 e. The molecular weight excluding hydrogens is 268 g/mol. The maximum absolute atomic E-state index is 11.8. The summed E-state index contributed by atoms with van der Waals surface area (Å²) in [7, 11) is -3.34. The zero-order chi connectivity index (χ0) is 15.1. The number of unbranched alkanes of at least 4 members (excludes halogenated alkanes) is 1. The Bertz CT molecular complexity index is 374. The zero-order valence-electron chi connectivity index (χ0n) is 12.2. The first-order valence-electron chi connectivity index (χ1n) is 6.51. The SMILES string of the molecule is CCCCS(=O)(=O)NC[C@H](CN)C(=O)OC(C)(C)C. The van der Waals surface area contributed by atoms with Gasteiger partial charge in [-0.25, -0.2) is 13.1 Å². The molecule has 0 rings (SSSR count). The second-order valence-electron chi connectivity index (χ2n) is 5.49. The van der Waals surface area contributed by atoms with Crippen LogP contribution in [0, 0.1) is 5.92 Å². The van der Waals surface area contributed by atoms with Crippen LogP contribution in [0.4, 0.5) is 0 Å². The van der Waals surface area contributed by atoms with Crippen molar-refractivity contribution < 1.29 is 17.9 Å². The number of nitrogens with two attached hydrogens (primary N) is 1. The lowest BCUT2D eigenvalue weighted by atomic mass is 10.1. The summed E-state index contributed by atoms with van der Waals surface area (Å²) in [5, 5.41) is 0. The van der Waals surface area contributed by atoms with E-state index in [1.807, 2.05) is 6.92 Å². The number of ether oxygens (including phenoxy) is 1. The molecular formula is C12H26N2O4S. The highest BCUT2D eigenvalue weighted by Gasteiger charge is 2.25. The van der Waals surface area contributed by atoms with Gasteiger partial charge in [-0.2, -0.15) is 0 Å². The van der Waals surface area contributed by atoms with Crippen molar-refractivity contribution in [2.75, 3.05) is 18.8 Å². The number of hydrogen-bond acceptors (Lipinski definition) is 5. The van der Waals surface area contributed by atoms with Gasteiger partial charge in [0, 0.05) is 13.1 Å². The lowest BCUT2D eigenvalue weighted by Gasteiger charge is -2.23. The first kappa shape index (κ1) is 18.3. The molecule has 0 saturated heterocycles. The molecule has 0 heterocycles. The predicted octanol–water partition coefficient (Wildman–Crippen LogP) is 0.623. The fraction of sp³-hybridized carbons (Fsp3) is 0.917. The summed E-state index contributed by atoms with van der Waals surface area (Å²) in [6.45, 7) is 7.21. The van der Waals surface area contributed by atoms with Crippen molar-refractivity contribution in [3.63, 3.8) is 0 Å². The third-order valence-corrected chi connectivity index (χ3v) is 3.77. The van der Waals surface area contributed by atoms with Gasteiger partial charge < -0.3 is 10.5 Å². The van der Waals surface area contributed by atoms with Crippen molar-refractivity contribution in [2.45, 2.75) is 46.1 Å². The van der Waals surface area contributed by atoms with E-state index in [2.05, 4.69) is 4.72 Å². The second kappa shape index (κ2) is 7.81. The largest absolute Gasteiger partial charge is 0.460 e. The maximum atomic E-state index is 11.8. The average Bonchev–Trinajstić information content (AvgIpc) is 2.24. The molecule has 0 aromatic heterocycles. The van der Waals surface area contributed by atoms with Crippen molar-refractivity contribution in [2.24, 2.45) is 11.7 Å². The predicted molar refractivity (Wildman–Crippen MR) is 75.1 cm³/mol. The molecule has 6 nitrogen and oxygen atoms in total. The lowest BCUT2D eigenvalue weighted by molar-refractivity contribution is -0.159. The van der Waals surface area contributed by atoms with E-state index in [9.17, 15) is 13.2 Å². The van der Waals surface area contributed by atoms with Crippen LogP contribution in [0.2, 0.25) is 0 Å². The van der Waals surface area contributed by atoms with E-state index in [0.717, 1.165) is 6.42 Å². The number of esters is 1. The zero-order valence-corrected chi connectivity index (χ0v) is 13.0.